The van der Waals surface area contributed by atoms with E-state index in [4.69, 9.17) is 4.74 Å². The van der Waals surface area contributed by atoms with Crippen LogP contribution in [0.5, 0.6) is 5.75 Å². The molecule has 0 spiro atoms. The first kappa shape index (κ1) is 19.9. The van der Waals surface area contributed by atoms with Crippen molar-refractivity contribution in [1.29, 1.82) is 0 Å². The van der Waals surface area contributed by atoms with Crippen LogP contribution in [0.25, 0.3) is 0 Å². The zero-order chi connectivity index (χ0) is 20.6. The van der Waals surface area contributed by atoms with Gasteiger partial charge in [-0.2, -0.15) is 0 Å². The van der Waals surface area contributed by atoms with E-state index in [0.717, 1.165) is 11.4 Å². The molecule has 0 saturated carbocycles. The summed E-state index contributed by atoms with van der Waals surface area (Å²) in [5.74, 6) is -0.0725. The number of nitrogens with one attached hydrogen (secondary N) is 2. The molecule has 0 aliphatic carbocycles. The van der Waals surface area contributed by atoms with Gasteiger partial charge in [-0.3, -0.25) is 9.78 Å². The first-order valence-corrected chi connectivity index (χ1v) is 9.05. The predicted molar refractivity (Wildman–Crippen MR) is 111 cm³/mol. The van der Waals surface area contributed by atoms with Gasteiger partial charge >= 0.3 is 5.97 Å². The summed E-state index contributed by atoms with van der Waals surface area (Å²) in [5.41, 5.74) is 2.71. The number of para-hydroxylation sites is 2. The zero-order valence-electron chi connectivity index (χ0n) is 16.1. The number of esters is 1. The molecule has 0 bridgehead atoms. The van der Waals surface area contributed by atoms with Gasteiger partial charge in [0.25, 0.3) is 5.91 Å². The van der Waals surface area contributed by atoms with Gasteiger partial charge in [0.05, 0.1) is 25.0 Å². The number of methoxy groups -OCH3 is 1. The number of aromatic nitrogens is 1. The van der Waals surface area contributed by atoms with Crippen molar-refractivity contribution in [2.75, 3.05) is 24.4 Å². The van der Waals surface area contributed by atoms with Crippen molar-refractivity contribution in [1.82, 2.24) is 4.98 Å². The van der Waals surface area contributed by atoms with Gasteiger partial charge in [0, 0.05) is 17.6 Å². The third-order valence-corrected chi connectivity index (χ3v) is 4.02. The van der Waals surface area contributed by atoms with Crippen molar-refractivity contribution in [3.8, 4) is 5.75 Å². The number of nitrogens with zero attached hydrogens (tertiary/aromatic N) is 1. The fourth-order valence-electron chi connectivity index (χ4n) is 2.64. The molecule has 1 aromatic heterocycles. The number of amides is 1. The molecule has 0 fully saturated rings. The first-order chi connectivity index (χ1) is 14.1. The molecule has 3 aromatic rings. The highest BCUT2D eigenvalue weighted by atomic mass is 16.5. The smallest absolute Gasteiger partial charge is 0.337 e. The van der Waals surface area contributed by atoms with Crippen LogP contribution in [0.1, 0.15) is 27.8 Å². The Morgan fingerprint density at radius 3 is 2.48 bits per heavy atom. The van der Waals surface area contributed by atoms with Crippen molar-refractivity contribution in [3.05, 3.63) is 78.1 Å². The number of hydrogen-bond donors (Lipinski definition) is 2. The van der Waals surface area contributed by atoms with Gasteiger partial charge in [-0.05, 0) is 55.5 Å². The highest BCUT2D eigenvalue weighted by Crippen LogP contribution is 2.27. The van der Waals surface area contributed by atoms with Gasteiger partial charge in [-0.1, -0.05) is 12.1 Å². The third-order valence-electron chi connectivity index (χ3n) is 4.02. The Hall–Kier alpha value is -3.87. The summed E-state index contributed by atoms with van der Waals surface area (Å²) in [6.07, 6.45) is 1.56. The second-order valence-corrected chi connectivity index (χ2v) is 6.01. The molecule has 0 atom stereocenters. The quantitative estimate of drug-likeness (QED) is 0.585. The number of rotatable bonds is 7. The van der Waals surface area contributed by atoms with Crippen LogP contribution in [0.4, 0.5) is 17.1 Å². The minimum absolute atomic E-state index is 0.251. The number of hydrogen-bond acceptors (Lipinski definition) is 6. The predicted octanol–water partition coefficient (Wildman–Crippen LogP) is 4.26. The van der Waals surface area contributed by atoms with Crippen LogP contribution in [-0.2, 0) is 4.74 Å². The van der Waals surface area contributed by atoms with Crippen LogP contribution in [0.2, 0.25) is 0 Å². The lowest BCUT2D eigenvalue weighted by Crippen LogP contribution is -2.14. The van der Waals surface area contributed by atoms with Gasteiger partial charge in [0.2, 0.25) is 0 Å². The Balaban J connectivity index is 1.72. The highest BCUT2D eigenvalue weighted by Gasteiger charge is 2.11. The minimum Gasteiger partial charge on any atom is -0.492 e. The summed E-state index contributed by atoms with van der Waals surface area (Å²) in [6.45, 7) is 2.47. The minimum atomic E-state index is -0.435. The molecular weight excluding hydrogens is 370 g/mol. The van der Waals surface area contributed by atoms with Crippen LogP contribution >= 0.6 is 0 Å². The maximum absolute atomic E-state index is 12.5. The summed E-state index contributed by atoms with van der Waals surface area (Å²) < 4.78 is 10.3. The number of anilines is 3. The van der Waals surface area contributed by atoms with Gasteiger partial charge < -0.3 is 20.1 Å². The largest absolute Gasteiger partial charge is 0.492 e. The SMILES string of the molecule is CCOc1ccccc1Nc1ccnc(C(=O)Nc2ccc(C(=O)OC)cc2)c1. The Morgan fingerprint density at radius 1 is 1.00 bits per heavy atom. The van der Waals surface area contributed by atoms with Crippen molar-refractivity contribution < 1.29 is 19.1 Å². The summed E-state index contributed by atoms with van der Waals surface area (Å²) >= 11 is 0. The second-order valence-electron chi connectivity index (χ2n) is 6.01. The Labute approximate surface area is 168 Å². The van der Waals surface area contributed by atoms with Crippen molar-refractivity contribution >= 4 is 28.9 Å². The van der Waals surface area contributed by atoms with Crippen molar-refractivity contribution in [2.45, 2.75) is 6.92 Å². The fraction of sp³-hybridized carbons (Fsp3) is 0.136. The lowest BCUT2D eigenvalue weighted by atomic mass is 10.2. The number of carbonyl (C=O) groups excluding carboxylic acids is 2. The molecule has 148 valence electrons. The van der Waals surface area contributed by atoms with E-state index in [-0.39, 0.29) is 11.6 Å². The molecular formula is C22H21N3O4. The number of benzene rings is 2. The second kappa shape index (κ2) is 9.36. The molecule has 0 unspecified atom stereocenters. The van der Waals surface area contributed by atoms with Crippen LogP contribution in [0, 0.1) is 0 Å². The Bertz CT molecular complexity index is 1000. The maximum atomic E-state index is 12.5. The Morgan fingerprint density at radius 2 is 1.76 bits per heavy atom. The van der Waals surface area contributed by atoms with Gasteiger partial charge in [-0.25, -0.2) is 4.79 Å². The van der Waals surface area contributed by atoms with E-state index in [9.17, 15) is 9.59 Å². The lowest BCUT2D eigenvalue weighted by Gasteiger charge is -2.13. The molecule has 0 saturated heterocycles. The summed E-state index contributed by atoms with van der Waals surface area (Å²) in [6, 6.07) is 17.4. The molecule has 1 amide bonds. The van der Waals surface area contributed by atoms with Gasteiger partial charge in [0.1, 0.15) is 11.4 Å². The maximum Gasteiger partial charge on any atom is 0.337 e. The first-order valence-electron chi connectivity index (χ1n) is 9.05. The van der Waals surface area contributed by atoms with E-state index in [1.165, 1.54) is 7.11 Å². The van der Waals surface area contributed by atoms with Crippen molar-refractivity contribution in [3.63, 3.8) is 0 Å². The normalized spacial score (nSPS) is 10.1. The molecule has 3 rings (SSSR count). The number of pyridine rings is 1. The highest BCUT2D eigenvalue weighted by molar-refractivity contribution is 6.03. The third kappa shape index (κ3) is 5.10. The van der Waals surface area contributed by atoms with Crippen molar-refractivity contribution in [2.24, 2.45) is 0 Å². The van der Waals surface area contributed by atoms with E-state index in [1.54, 1.807) is 42.6 Å². The zero-order valence-corrected chi connectivity index (χ0v) is 16.1. The molecule has 1 heterocycles. The fourth-order valence-corrected chi connectivity index (χ4v) is 2.64. The Kier molecular flexibility index (Phi) is 6.42. The van der Waals surface area contributed by atoms with E-state index in [0.29, 0.717) is 23.5 Å². The molecule has 0 aliphatic heterocycles. The van der Waals surface area contributed by atoms with Crippen LogP contribution < -0.4 is 15.4 Å². The standard InChI is InChI=1S/C22H21N3O4/c1-3-29-20-7-5-4-6-18(20)24-17-12-13-23-19(14-17)21(26)25-16-10-8-15(9-11-16)22(27)28-2/h4-14H,3H2,1-2H3,(H,23,24)(H,25,26). The summed E-state index contributed by atoms with van der Waals surface area (Å²) in [7, 11) is 1.32. The summed E-state index contributed by atoms with van der Waals surface area (Å²) in [5, 5.41) is 6.01. The average molecular weight is 391 g/mol. The molecule has 29 heavy (non-hydrogen) atoms. The van der Waals surface area contributed by atoms with E-state index in [2.05, 4.69) is 20.4 Å². The molecule has 7 nitrogen and oxygen atoms in total. The van der Waals surface area contributed by atoms with Crippen LogP contribution in [0.3, 0.4) is 0 Å². The van der Waals surface area contributed by atoms with Crippen LogP contribution in [-0.4, -0.2) is 30.6 Å². The average Bonchev–Trinajstić information content (AvgIpc) is 2.75. The van der Waals surface area contributed by atoms with E-state index in [1.807, 2.05) is 31.2 Å². The topological polar surface area (TPSA) is 89.5 Å². The van der Waals surface area contributed by atoms with E-state index < -0.39 is 5.97 Å². The summed E-state index contributed by atoms with van der Waals surface area (Å²) in [4.78, 5) is 28.2. The van der Waals surface area contributed by atoms with E-state index >= 15 is 0 Å². The molecule has 2 aromatic carbocycles. The molecule has 7 heteroatoms. The monoisotopic (exact) mass is 391 g/mol. The number of carbonyl (C=O) groups is 2. The lowest BCUT2D eigenvalue weighted by molar-refractivity contribution is 0.0600. The van der Waals surface area contributed by atoms with Gasteiger partial charge in [0.15, 0.2) is 0 Å². The van der Waals surface area contributed by atoms with Crippen LogP contribution in [0.15, 0.2) is 66.9 Å². The molecule has 0 aliphatic rings. The molecule has 0 radical (unpaired) electrons. The number of ether oxygens (including phenoxy) is 2. The van der Waals surface area contributed by atoms with Gasteiger partial charge in [-0.15, -0.1) is 0 Å². The molecule has 2 N–H and O–H groups in total.